The molecule has 0 atom stereocenters. The Hall–Kier alpha value is -1.33. The van der Waals surface area contributed by atoms with Crippen molar-refractivity contribution < 1.29 is 14.2 Å². The molecule has 0 saturated carbocycles. The van der Waals surface area contributed by atoms with E-state index in [1.54, 1.807) is 36.4 Å². The van der Waals surface area contributed by atoms with Crippen molar-refractivity contribution in [3.8, 4) is 5.75 Å². The van der Waals surface area contributed by atoms with Crippen LogP contribution in [0.1, 0.15) is 25.0 Å². The zero-order valence-corrected chi connectivity index (χ0v) is 15.3. The average Bonchev–Trinajstić information content (AvgIpc) is 2.53. The summed E-state index contributed by atoms with van der Waals surface area (Å²) in [5.74, 6) is 0.349. The van der Waals surface area contributed by atoms with Crippen molar-refractivity contribution in [3.05, 3.63) is 64.4 Å². The van der Waals surface area contributed by atoms with Gasteiger partial charge in [0.1, 0.15) is 18.2 Å². The van der Waals surface area contributed by atoms with Crippen LogP contribution in [0.15, 0.2) is 42.5 Å². The molecule has 0 heterocycles. The summed E-state index contributed by atoms with van der Waals surface area (Å²) in [5.41, 5.74) is 0.943. The van der Waals surface area contributed by atoms with Gasteiger partial charge in [0.15, 0.2) is 0 Å². The van der Waals surface area contributed by atoms with E-state index in [9.17, 15) is 9.50 Å². The molecule has 0 aliphatic rings. The molecule has 0 amide bonds. The molecule has 24 heavy (non-hydrogen) atoms. The Morgan fingerprint density at radius 1 is 1.17 bits per heavy atom. The minimum absolute atomic E-state index is 0. The maximum absolute atomic E-state index is 13.7. The van der Waals surface area contributed by atoms with Crippen molar-refractivity contribution in [2.45, 2.75) is 32.5 Å². The van der Waals surface area contributed by atoms with Crippen molar-refractivity contribution in [2.75, 3.05) is 6.61 Å². The highest BCUT2D eigenvalue weighted by Crippen LogP contribution is 2.24. The minimum Gasteiger partial charge on any atom is -0.488 e. The molecule has 0 fully saturated rings. The van der Waals surface area contributed by atoms with Gasteiger partial charge in [-0.2, -0.15) is 0 Å². The topological polar surface area (TPSA) is 41.5 Å². The van der Waals surface area contributed by atoms with E-state index < -0.39 is 5.54 Å². The molecule has 2 aromatic rings. The fourth-order valence-corrected chi connectivity index (χ4v) is 2.18. The van der Waals surface area contributed by atoms with E-state index in [0.717, 1.165) is 5.56 Å². The van der Waals surface area contributed by atoms with Crippen LogP contribution in [-0.2, 0) is 13.2 Å². The van der Waals surface area contributed by atoms with E-state index in [1.807, 2.05) is 13.8 Å². The van der Waals surface area contributed by atoms with Gasteiger partial charge < -0.3 is 15.2 Å². The Morgan fingerprint density at radius 2 is 1.88 bits per heavy atom. The van der Waals surface area contributed by atoms with E-state index in [1.165, 1.54) is 6.07 Å². The molecule has 0 spiro atoms. The lowest BCUT2D eigenvalue weighted by atomic mass is 10.1. The van der Waals surface area contributed by atoms with Gasteiger partial charge in [-0.15, -0.1) is 12.4 Å². The highest BCUT2D eigenvalue weighted by Gasteiger charge is 2.16. The molecule has 0 bridgehead atoms. The number of halogens is 3. The highest BCUT2D eigenvalue weighted by molar-refractivity contribution is 6.30. The second kappa shape index (κ2) is 9.23. The van der Waals surface area contributed by atoms with Gasteiger partial charge in [-0.1, -0.05) is 29.8 Å². The van der Waals surface area contributed by atoms with Crippen molar-refractivity contribution in [1.82, 2.24) is 5.32 Å². The zero-order chi connectivity index (χ0) is 16.9. The summed E-state index contributed by atoms with van der Waals surface area (Å²) in [5, 5.41) is 13.2. The predicted molar refractivity (Wildman–Crippen MR) is 97.4 cm³/mol. The van der Waals surface area contributed by atoms with Gasteiger partial charge in [0.25, 0.3) is 0 Å². The standard InChI is InChI=1S/C18H21ClFNO2.ClH/c1-18(2,12-22)21-10-14-9-15(19)7-8-17(14)23-11-13-5-3-4-6-16(13)20;/h3-9,21-22H,10-12H2,1-2H3;1H. The molecule has 132 valence electrons. The van der Waals surface area contributed by atoms with Crippen LogP contribution in [-0.4, -0.2) is 17.3 Å². The maximum atomic E-state index is 13.7. The summed E-state index contributed by atoms with van der Waals surface area (Å²) in [7, 11) is 0. The number of hydrogen-bond acceptors (Lipinski definition) is 3. The molecular weight excluding hydrogens is 352 g/mol. The number of aliphatic hydroxyl groups is 1. The average molecular weight is 374 g/mol. The maximum Gasteiger partial charge on any atom is 0.129 e. The molecule has 3 nitrogen and oxygen atoms in total. The first-order valence-corrected chi connectivity index (χ1v) is 7.79. The molecule has 6 heteroatoms. The Labute approximate surface area is 153 Å². The summed E-state index contributed by atoms with van der Waals surface area (Å²) in [6, 6.07) is 11.8. The summed E-state index contributed by atoms with van der Waals surface area (Å²) in [4.78, 5) is 0. The van der Waals surface area contributed by atoms with Crippen LogP contribution < -0.4 is 10.1 Å². The minimum atomic E-state index is -0.412. The summed E-state index contributed by atoms with van der Waals surface area (Å²) in [6.45, 7) is 4.44. The lowest BCUT2D eigenvalue weighted by Crippen LogP contribution is -2.42. The molecule has 0 saturated heterocycles. The van der Waals surface area contributed by atoms with Gasteiger partial charge in [-0.25, -0.2) is 4.39 Å². The van der Waals surface area contributed by atoms with Crippen molar-refractivity contribution in [2.24, 2.45) is 0 Å². The SMILES string of the molecule is CC(C)(CO)NCc1cc(Cl)ccc1OCc1ccccc1F.Cl. The van der Waals surface area contributed by atoms with E-state index in [2.05, 4.69) is 5.32 Å². The van der Waals surface area contributed by atoms with E-state index in [4.69, 9.17) is 16.3 Å². The van der Waals surface area contributed by atoms with Crippen LogP contribution in [0, 0.1) is 5.82 Å². The molecule has 0 unspecified atom stereocenters. The molecule has 2 aromatic carbocycles. The Morgan fingerprint density at radius 3 is 2.54 bits per heavy atom. The molecule has 2 rings (SSSR count). The van der Waals surface area contributed by atoms with E-state index >= 15 is 0 Å². The molecule has 2 N–H and O–H groups in total. The van der Waals surface area contributed by atoms with Crippen LogP contribution >= 0.6 is 24.0 Å². The van der Waals surface area contributed by atoms with Gasteiger partial charge in [0.05, 0.1) is 6.61 Å². The van der Waals surface area contributed by atoms with E-state index in [-0.39, 0.29) is 31.4 Å². The zero-order valence-electron chi connectivity index (χ0n) is 13.7. The third kappa shape index (κ3) is 5.95. The largest absolute Gasteiger partial charge is 0.488 e. The van der Waals surface area contributed by atoms with Crippen molar-refractivity contribution >= 4 is 24.0 Å². The molecular formula is C18H22Cl2FNO2. The first-order valence-electron chi connectivity index (χ1n) is 7.42. The van der Waals surface area contributed by atoms with Gasteiger partial charge >= 0.3 is 0 Å². The van der Waals surface area contributed by atoms with Crippen molar-refractivity contribution in [1.29, 1.82) is 0 Å². The third-order valence-electron chi connectivity index (χ3n) is 3.52. The van der Waals surface area contributed by atoms with Crippen LogP contribution in [0.5, 0.6) is 5.75 Å². The number of ether oxygens (including phenoxy) is 1. The fourth-order valence-electron chi connectivity index (χ4n) is 1.99. The second-order valence-electron chi connectivity index (χ2n) is 6.03. The highest BCUT2D eigenvalue weighted by atomic mass is 35.5. The lowest BCUT2D eigenvalue weighted by Gasteiger charge is -2.24. The number of aliphatic hydroxyl groups excluding tert-OH is 1. The van der Waals surface area contributed by atoms with Crippen molar-refractivity contribution in [3.63, 3.8) is 0 Å². The Balaban J connectivity index is 0.00000288. The molecule has 0 aliphatic heterocycles. The number of nitrogens with one attached hydrogen (secondary N) is 1. The van der Waals surface area contributed by atoms with Crippen LogP contribution in [0.25, 0.3) is 0 Å². The summed E-state index contributed by atoms with van der Waals surface area (Å²) < 4.78 is 19.4. The van der Waals surface area contributed by atoms with Gasteiger partial charge in [-0.05, 0) is 38.1 Å². The van der Waals surface area contributed by atoms with Crippen LogP contribution in [0.3, 0.4) is 0 Å². The summed E-state index contributed by atoms with van der Waals surface area (Å²) >= 11 is 6.05. The third-order valence-corrected chi connectivity index (χ3v) is 3.75. The normalized spacial score (nSPS) is 11.0. The predicted octanol–water partition coefficient (Wildman–Crippen LogP) is 4.34. The Bertz CT molecular complexity index is 665. The van der Waals surface area contributed by atoms with E-state index in [0.29, 0.717) is 22.9 Å². The summed E-state index contributed by atoms with van der Waals surface area (Å²) in [6.07, 6.45) is 0. The molecule has 0 aromatic heterocycles. The lowest BCUT2D eigenvalue weighted by molar-refractivity contribution is 0.186. The number of hydrogen-bond donors (Lipinski definition) is 2. The van der Waals surface area contributed by atoms with Crippen LogP contribution in [0.4, 0.5) is 4.39 Å². The first kappa shape index (κ1) is 20.7. The van der Waals surface area contributed by atoms with Gasteiger partial charge in [-0.3, -0.25) is 0 Å². The molecule has 0 radical (unpaired) electrons. The van der Waals surface area contributed by atoms with Gasteiger partial charge in [0.2, 0.25) is 0 Å². The fraction of sp³-hybridized carbons (Fsp3) is 0.333. The Kier molecular flexibility index (Phi) is 7.97. The quantitative estimate of drug-likeness (QED) is 0.758. The number of benzene rings is 2. The monoisotopic (exact) mass is 373 g/mol. The smallest absolute Gasteiger partial charge is 0.129 e. The van der Waals surface area contributed by atoms with Crippen LogP contribution in [0.2, 0.25) is 5.02 Å². The van der Waals surface area contributed by atoms with Gasteiger partial charge in [0, 0.05) is 28.2 Å². The number of rotatable bonds is 7. The second-order valence-corrected chi connectivity index (χ2v) is 6.46. The first-order chi connectivity index (χ1) is 10.9. The molecule has 0 aliphatic carbocycles.